The highest BCUT2D eigenvalue weighted by Gasteiger charge is 2.34. The van der Waals surface area contributed by atoms with Crippen LogP contribution < -0.4 is 5.32 Å². The van der Waals surface area contributed by atoms with Crippen LogP contribution in [0.5, 0.6) is 0 Å². The first kappa shape index (κ1) is 17.1. The van der Waals surface area contributed by atoms with Gasteiger partial charge in [0, 0.05) is 18.8 Å². The van der Waals surface area contributed by atoms with Crippen molar-refractivity contribution in [1.82, 2.24) is 15.1 Å². The van der Waals surface area contributed by atoms with Crippen molar-refractivity contribution in [1.29, 1.82) is 0 Å². The Hall–Kier alpha value is -2.31. The minimum absolute atomic E-state index is 0.107. The highest BCUT2D eigenvalue weighted by Crippen LogP contribution is 2.28. The van der Waals surface area contributed by atoms with Crippen LogP contribution in [0.15, 0.2) is 36.4 Å². The van der Waals surface area contributed by atoms with Gasteiger partial charge >= 0.3 is 6.18 Å². The van der Waals surface area contributed by atoms with Gasteiger partial charge < -0.3 is 5.32 Å². The van der Waals surface area contributed by atoms with Crippen LogP contribution in [0.2, 0.25) is 0 Å². The number of rotatable bonds is 6. The molecule has 0 saturated heterocycles. The number of nitrogens with one attached hydrogen (secondary N) is 1. The lowest BCUT2D eigenvalue weighted by Gasteiger charge is -2.07. The number of alkyl halides is 3. The molecule has 2 aromatic rings. The van der Waals surface area contributed by atoms with Crippen molar-refractivity contribution in [3.63, 3.8) is 0 Å². The van der Waals surface area contributed by atoms with E-state index in [0.29, 0.717) is 31.6 Å². The SMILES string of the molecule is Cc1cc(C(F)(F)F)nn1CCCNC(=O)Cc1ccccc1. The number of aromatic nitrogens is 2. The summed E-state index contributed by atoms with van der Waals surface area (Å²) in [4.78, 5) is 11.7. The summed E-state index contributed by atoms with van der Waals surface area (Å²) >= 11 is 0. The first-order chi connectivity index (χ1) is 10.9. The number of hydrogen-bond acceptors (Lipinski definition) is 2. The molecule has 1 amide bonds. The van der Waals surface area contributed by atoms with Crippen LogP contribution in [0.3, 0.4) is 0 Å². The van der Waals surface area contributed by atoms with Gasteiger partial charge in [-0.25, -0.2) is 0 Å². The van der Waals surface area contributed by atoms with Crippen molar-refractivity contribution in [2.45, 2.75) is 32.5 Å². The van der Waals surface area contributed by atoms with Crippen molar-refractivity contribution in [2.75, 3.05) is 6.54 Å². The molecule has 0 fully saturated rings. The zero-order valence-electron chi connectivity index (χ0n) is 12.7. The summed E-state index contributed by atoms with van der Waals surface area (Å²) in [5.74, 6) is -0.107. The van der Waals surface area contributed by atoms with Crippen molar-refractivity contribution in [2.24, 2.45) is 0 Å². The molecule has 0 radical (unpaired) electrons. The fourth-order valence-corrected chi connectivity index (χ4v) is 2.18. The summed E-state index contributed by atoms with van der Waals surface area (Å²) in [5, 5.41) is 6.30. The Morgan fingerprint density at radius 3 is 2.57 bits per heavy atom. The van der Waals surface area contributed by atoms with Gasteiger partial charge in [0.2, 0.25) is 5.91 Å². The van der Waals surface area contributed by atoms with E-state index in [9.17, 15) is 18.0 Å². The molecule has 1 aromatic heterocycles. The number of carbonyl (C=O) groups is 1. The van der Waals surface area contributed by atoms with Crippen LogP contribution in [0.25, 0.3) is 0 Å². The van der Waals surface area contributed by atoms with E-state index in [1.54, 1.807) is 6.92 Å². The first-order valence-electron chi connectivity index (χ1n) is 7.28. The van der Waals surface area contributed by atoms with Gasteiger partial charge in [-0.1, -0.05) is 30.3 Å². The van der Waals surface area contributed by atoms with Gasteiger partial charge in [0.1, 0.15) is 0 Å². The topological polar surface area (TPSA) is 46.9 Å². The van der Waals surface area contributed by atoms with Gasteiger partial charge in [0.25, 0.3) is 0 Å². The van der Waals surface area contributed by atoms with Crippen molar-refractivity contribution >= 4 is 5.91 Å². The molecule has 0 bridgehead atoms. The summed E-state index contributed by atoms with van der Waals surface area (Å²) in [5.41, 5.74) is 0.485. The largest absolute Gasteiger partial charge is 0.435 e. The Bertz CT molecular complexity index is 650. The number of amides is 1. The van der Waals surface area contributed by atoms with Crippen LogP contribution >= 0.6 is 0 Å². The van der Waals surface area contributed by atoms with Crippen LogP contribution in [0, 0.1) is 6.92 Å². The average molecular weight is 325 g/mol. The van der Waals surface area contributed by atoms with Crippen molar-refractivity contribution < 1.29 is 18.0 Å². The summed E-state index contributed by atoms with van der Waals surface area (Å²) in [7, 11) is 0. The third-order valence-electron chi connectivity index (χ3n) is 3.35. The van der Waals surface area contributed by atoms with E-state index >= 15 is 0 Å². The van der Waals surface area contributed by atoms with Crippen molar-refractivity contribution in [3.05, 3.63) is 53.3 Å². The maximum atomic E-state index is 12.5. The summed E-state index contributed by atoms with van der Waals surface area (Å²) < 4.78 is 39.0. The molecule has 1 heterocycles. The van der Waals surface area contributed by atoms with Gasteiger partial charge in [-0.15, -0.1) is 0 Å². The third-order valence-corrected chi connectivity index (χ3v) is 3.35. The summed E-state index contributed by atoms with van der Waals surface area (Å²) in [6, 6.07) is 10.4. The maximum Gasteiger partial charge on any atom is 0.435 e. The van der Waals surface area contributed by atoms with Crippen molar-refractivity contribution in [3.8, 4) is 0 Å². The zero-order valence-corrected chi connectivity index (χ0v) is 12.7. The molecule has 124 valence electrons. The normalized spacial score (nSPS) is 11.5. The molecule has 0 aliphatic rings. The standard InChI is InChI=1S/C16H18F3N3O/c1-12-10-14(16(17,18)19)21-22(12)9-5-8-20-15(23)11-13-6-3-2-4-7-13/h2-4,6-7,10H,5,8-9,11H2,1H3,(H,20,23). The number of halogens is 3. The van der Waals surface area contributed by atoms with Crippen LogP contribution in [-0.2, 0) is 23.9 Å². The third kappa shape index (κ3) is 5.12. The Morgan fingerprint density at radius 1 is 1.26 bits per heavy atom. The zero-order chi connectivity index (χ0) is 16.9. The van der Waals surface area contributed by atoms with Crippen LogP contribution in [0.4, 0.5) is 13.2 Å². The van der Waals surface area contributed by atoms with Gasteiger partial charge in [-0.05, 0) is 25.0 Å². The Kier molecular flexibility index (Phi) is 5.41. The molecular formula is C16H18F3N3O. The molecular weight excluding hydrogens is 307 g/mol. The van der Waals surface area contributed by atoms with E-state index in [1.165, 1.54) is 4.68 Å². The second kappa shape index (κ2) is 7.30. The molecule has 7 heteroatoms. The number of hydrogen-bond donors (Lipinski definition) is 1. The minimum Gasteiger partial charge on any atom is -0.356 e. The van der Waals surface area contributed by atoms with Gasteiger partial charge in [0.05, 0.1) is 6.42 Å². The van der Waals surface area contributed by atoms with E-state index in [0.717, 1.165) is 11.6 Å². The van der Waals surface area contributed by atoms with E-state index in [4.69, 9.17) is 0 Å². The van der Waals surface area contributed by atoms with E-state index in [-0.39, 0.29) is 5.91 Å². The molecule has 0 aliphatic carbocycles. The number of aryl methyl sites for hydroxylation is 2. The molecule has 0 atom stereocenters. The lowest BCUT2D eigenvalue weighted by atomic mass is 10.1. The monoisotopic (exact) mass is 325 g/mol. The van der Waals surface area contributed by atoms with Gasteiger partial charge in [-0.3, -0.25) is 9.48 Å². The molecule has 0 aliphatic heterocycles. The highest BCUT2D eigenvalue weighted by atomic mass is 19.4. The molecule has 1 N–H and O–H groups in total. The van der Waals surface area contributed by atoms with E-state index < -0.39 is 11.9 Å². The van der Waals surface area contributed by atoms with Gasteiger partial charge in [-0.2, -0.15) is 18.3 Å². The number of nitrogens with zero attached hydrogens (tertiary/aromatic N) is 2. The lowest BCUT2D eigenvalue weighted by molar-refractivity contribution is -0.141. The quantitative estimate of drug-likeness (QED) is 0.830. The molecule has 4 nitrogen and oxygen atoms in total. The summed E-state index contributed by atoms with van der Waals surface area (Å²) in [6.45, 7) is 2.30. The molecule has 0 spiro atoms. The van der Waals surface area contributed by atoms with Gasteiger partial charge in [0.15, 0.2) is 5.69 Å². The maximum absolute atomic E-state index is 12.5. The first-order valence-corrected chi connectivity index (χ1v) is 7.28. The van der Waals surface area contributed by atoms with Crippen LogP contribution in [-0.4, -0.2) is 22.2 Å². The Labute approximate surface area is 132 Å². The minimum atomic E-state index is -4.43. The average Bonchev–Trinajstić information content (AvgIpc) is 2.86. The summed E-state index contributed by atoms with van der Waals surface area (Å²) in [6.07, 6.45) is -3.62. The Morgan fingerprint density at radius 2 is 1.96 bits per heavy atom. The molecule has 2 rings (SSSR count). The van der Waals surface area contributed by atoms with Crippen LogP contribution in [0.1, 0.15) is 23.4 Å². The second-order valence-corrected chi connectivity index (χ2v) is 5.26. The highest BCUT2D eigenvalue weighted by molar-refractivity contribution is 5.78. The second-order valence-electron chi connectivity index (χ2n) is 5.26. The predicted molar refractivity (Wildman–Crippen MR) is 79.7 cm³/mol. The smallest absolute Gasteiger partial charge is 0.356 e. The number of benzene rings is 1. The molecule has 0 unspecified atom stereocenters. The lowest BCUT2D eigenvalue weighted by Crippen LogP contribution is -2.27. The molecule has 0 saturated carbocycles. The predicted octanol–water partition coefficient (Wildman–Crippen LogP) is 2.96. The fraction of sp³-hybridized carbons (Fsp3) is 0.375. The van der Waals surface area contributed by atoms with E-state index in [2.05, 4.69) is 10.4 Å². The Balaban J connectivity index is 1.75. The van der Waals surface area contributed by atoms with E-state index in [1.807, 2.05) is 30.3 Å². The fourth-order valence-electron chi connectivity index (χ4n) is 2.18. The molecule has 23 heavy (non-hydrogen) atoms. The number of carbonyl (C=O) groups excluding carboxylic acids is 1. The molecule has 1 aromatic carbocycles.